The van der Waals surface area contributed by atoms with Crippen LogP contribution in [0.3, 0.4) is 0 Å². The summed E-state index contributed by atoms with van der Waals surface area (Å²) in [6.45, 7) is 2.02. The molecule has 2 saturated heterocycles. The van der Waals surface area contributed by atoms with Gasteiger partial charge in [-0.05, 0) is 63.3 Å². The van der Waals surface area contributed by atoms with E-state index in [9.17, 15) is 23.1 Å². The van der Waals surface area contributed by atoms with Crippen LogP contribution < -0.4 is 4.74 Å². The minimum atomic E-state index is -4.78. The van der Waals surface area contributed by atoms with Crippen LogP contribution in [0.15, 0.2) is 24.3 Å². The summed E-state index contributed by atoms with van der Waals surface area (Å²) in [5.74, 6) is -0.456. The van der Waals surface area contributed by atoms with Crippen LogP contribution in [0.5, 0.6) is 5.75 Å². The van der Waals surface area contributed by atoms with Crippen LogP contribution in [0.25, 0.3) is 0 Å². The van der Waals surface area contributed by atoms with Gasteiger partial charge < -0.3 is 19.5 Å². The van der Waals surface area contributed by atoms with E-state index in [1.165, 1.54) is 19.1 Å². The molecular formula is C20H26F3NO4. The SMILES string of the molecule is CN1CC2CCC1CC(OC(=O)[C@](C)(CO)c1ccc(OC(F)(F)F)cc1)C2. The predicted octanol–water partition coefficient (Wildman–Crippen LogP) is 3.25. The Morgan fingerprint density at radius 2 is 1.89 bits per heavy atom. The zero-order valence-corrected chi connectivity index (χ0v) is 16.0. The highest BCUT2D eigenvalue weighted by Crippen LogP contribution is 2.36. The Labute approximate surface area is 162 Å². The number of carbonyl (C=O) groups excluding carboxylic acids is 1. The summed E-state index contributed by atoms with van der Waals surface area (Å²) in [6.07, 6.45) is -1.22. The van der Waals surface area contributed by atoms with Gasteiger partial charge in [0.2, 0.25) is 0 Å². The summed E-state index contributed by atoms with van der Waals surface area (Å²) in [7, 11) is 2.09. The molecule has 0 spiro atoms. The monoisotopic (exact) mass is 401 g/mol. The third-order valence-corrected chi connectivity index (χ3v) is 5.97. The predicted molar refractivity (Wildman–Crippen MR) is 95.8 cm³/mol. The van der Waals surface area contributed by atoms with E-state index >= 15 is 0 Å². The minimum absolute atomic E-state index is 0.214. The quantitative estimate of drug-likeness (QED) is 0.768. The third-order valence-electron chi connectivity index (χ3n) is 5.97. The van der Waals surface area contributed by atoms with Crippen molar-refractivity contribution in [2.45, 2.75) is 56.5 Å². The number of ether oxygens (including phenoxy) is 2. The average molecular weight is 401 g/mol. The topological polar surface area (TPSA) is 59.0 Å². The van der Waals surface area contributed by atoms with E-state index in [0.717, 1.165) is 44.4 Å². The number of rotatable bonds is 5. The van der Waals surface area contributed by atoms with E-state index in [1.54, 1.807) is 0 Å². The number of hydrogen-bond donors (Lipinski definition) is 1. The van der Waals surface area contributed by atoms with Gasteiger partial charge in [-0.2, -0.15) is 0 Å². The van der Waals surface area contributed by atoms with Gasteiger partial charge in [0.1, 0.15) is 17.3 Å². The molecular weight excluding hydrogens is 375 g/mol. The molecule has 2 bridgehead atoms. The molecule has 4 rings (SSSR count). The third kappa shape index (κ3) is 4.60. The minimum Gasteiger partial charge on any atom is -0.462 e. The molecule has 1 aromatic rings. The largest absolute Gasteiger partial charge is 0.573 e. The lowest BCUT2D eigenvalue weighted by Crippen LogP contribution is -2.41. The highest BCUT2D eigenvalue weighted by molar-refractivity contribution is 5.83. The van der Waals surface area contributed by atoms with Crippen LogP contribution in [-0.2, 0) is 14.9 Å². The first kappa shape index (κ1) is 20.9. The zero-order chi connectivity index (χ0) is 20.5. The molecule has 3 unspecified atom stereocenters. The van der Waals surface area contributed by atoms with Gasteiger partial charge in [-0.3, -0.25) is 4.79 Å². The number of carbonyl (C=O) groups is 1. The fourth-order valence-electron chi connectivity index (χ4n) is 4.23. The first-order valence-corrected chi connectivity index (χ1v) is 9.49. The molecule has 4 atom stereocenters. The maximum Gasteiger partial charge on any atom is 0.573 e. The Balaban J connectivity index is 1.71. The maximum atomic E-state index is 12.9. The summed E-state index contributed by atoms with van der Waals surface area (Å²) in [4.78, 5) is 15.2. The van der Waals surface area contributed by atoms with Gasteiger partial charge in [0.05, 0.1) is 6.61 Å². The van der Waals surface area contributed by atoms with Crippen molar-refractivity contribution in [3.8, 4) is 5.75 Å². The fourth-order valence-corrected chi connectivity index (χ4v) is 4.23. The number of aliphatic hydroxyl groups is 1. The Bertz CT molecular complexity index is 694. The zero-order valence-electron chi connectivity index (χ0n) is 16.0. The molecule has 0 aromatic heterocycles. The second-order valence-corrected chi connectivity index (χ2v) is 8.10. The standard InChI is InChI=1S/C20H26F3NO4/c1-19(12-25,14-4-7-16(8-5-14)28-20(21,22)23)18(26)27-17-9-13-3-6-15(10-17)24(2)11-13/h4-5,7-8,13,15,17,25H,3,6,9-12H2,1-2H3/t13?,15?,17?,19-/m1/s1. The van der Waals surface area contributed by atoms with E-state index in [4.69, 9.17) is 4.74 Å². The van der Waals surface area contributed by atoms with Crippen LogP contribution in [0, 0.1) is 5.92 Å². The van der Waals surface area contributed by atoms with Crippen LogP contribution in [0.2, 0.25) is 0 Å². The van der Waals surface area contributed by atoms with E-state index in [2.05, 4.69) is 16.7 Å². The summed E-state index contributed by atoms with van der Waals surface area (Å²) < 4.78 is 46.6. The smallest absolute Gasteiger partial charge is 0.462 e. The second-order valence-electron chi connectivity index (χ2n) is 8.10. The van der Waals surface area contributed by atoms with Gasteiger partial charge in [-0.1, -0.05) is 12.1 Å². The van der Waals surface area contributed by atoms with Crippen LogP contribution in [0.4, 0.5) is 13.2 Å². The highest BCUT2D eigenvalue weighted by atomic mass is 19.4. The normalized spacial score (nSPS) is 27.7. The number of halogens is 3. The number of nitrogens with zero attached hydrogens (tertiary/aromatic N) is 1. The molecule has 1 aliphatic carbocycles. The van der Waals surface area contributed by atoms with Crippen molar-refractivity contribution in [1.29, 1.82) is 0 Å². The van der Waals surface area contributed by atoms with Gasteiger partial charge in [0, 0.05) is 12.6 Å². The van der Waals surface area contributed by atoms with Crippen molar-refractivity contribution in [3.05, 3.63) is 29.8 Å². The average Bonchev–Trinajstić information content (AvgIpc) is 2.90. The molecule has 5 nitrogen and oxygen atoms in total. The van der Waals surface area contributed by atoms with Gasteiger partial charge in [0.15, 0.2) is 0 Å². The van der Waals surface area contributed by atoms with Crippen molar-refractivity contribution in [2.24, 2.45) is 5.92 Å². The van der Waals surface area contributed by atoms with Gasteiger partial charge in [-0.15, -0.1) is 13.2 Å². The fraction of sp³-hybridized carbons (Fsp3) is 0.650. The number of aliphatic hydroxyl groups excluding tert-OH is 1. The Kier molecular flexibility index (Phi) is 5.91. The molecule has 28 heavy (non-hydrogen) atoms. The van der Waals surface area contributed by atoms with Crippen LogP contribution in [0.1, 0.15) is 38.2 Å². The second kappa shape index (κ2) is 7.91. The van der Waals surface area contributed by atoms with Crippen LogP contribution in [-0.4, -0.2) is 54.7 Å². The van der Waals surface area contributed by atoms with Crippen molar-refractivity contribution < 1.29 is 32.5 Å². The molecule has 8 heteroatoms. The molecule has 3 aliphatic rings. The molecule has 1 aromatic carbocycles. The molecule has 1 N–H and O–H groups in total. The highest BCUT2D eigenvalue weighted by Gasteiger charge is 2.41. The Hall–Kier alpha value is -1.80. The van der Waals surface area contributed by atoms with Gasteiger partial charge in [0.25, 0.3) is 0 Å². The van der Waals surface area contributed by atoms with Crippen molar-refractivity contribution >= 4 is 5.97 Å². The molecule has 2 heterocycles. The molecule has 156 valence electrons. The van der Waals surface area contributed by atoms with Crippen LogP contribution >= 0.6 is 0 Å². The summed E-state index contributed by atoms with van der Waals surface area (Å²) in [5, 5.41) is 9.89. The maximum absolute atomic E-state index is 12.9. The first-order valence-electron chi connectivity index (χ1n) is 9.49. The van der Waals surface area contributed by atoms with Crippen molar-refractivity contribution in [1.82, 2.24) is 4.90 Å². The van der Waals surface area contributed by atoms with Gasteiger partial charge >= 0.3 is 12.3 Å². The number of fused-ring (bicyclic) bond motifs is 4. The molecule has 3 fully saturated rings. The number of hydrogen-bond acceptors (Lipinski definition) is 5. The lowest BCUT2D eigenvalue weighted by atomic mass is 9.83. The number of piperidine rings is 1. The first-order chi connectivity index (χ1) is 13.1. The Morgan fingerprint density at radius 3 is 2.46 bits per heavy atom. The molecule has 0 amide bonds. The van der Waals surface area contributed by atoms with Crippen molar-refractivity contribution in [2.75, 3.05) is 20.2 Å². The summed E-state index contributed by atoms with van der Waals surface area (Å²) >= 11 is 0. The number of esters is 1. The lowest BCUT2D eigenvalue weighted by Gasteiger charge is -2.33. The van der Waals surface area contributed by atoms with E-state index in [-0.39, 0.29) is 11.9 Å². The Morgan fingerprint density at radius 1 is 1.21 bits per heavy atom. The number of alkyl halides is 3. The summed E-state index contributed by atoms with van der Waals surface area (Å²) in [6, 6.07) is 5.35. The van der Waals surface area contributed by atoms with Gasteiger partial charge in [-0.25, -0.2) is 0 Å². The van der Waals surface area contributed by atoms with E-state index < -0.39 is 24.4 Å². The molecule has 0 radical (unpaired) electrons. The summed E-state index contributed by atoms with van der Waals surface area (Å²) in [5.41, 5.74) is -0.975. The molecule has 2 aliphatic heterocycles. The van der Waals surface area contributed by atoms with Crippen molar-refractivity contribution in [3.63, 3.8) is 0 Å². The van der Waals surface area contributed by atoms with E-state index in [1.807, 2.05) is 0 Å². The molecule has 1 saturated carbocycles. The number of benzene rings is 1. The lowest BCUT2D eigenvalue weighted by molar-refractivity contribution is -0.274. The van der Waals surface area contributed by atoms with E-state index in [0.29, 0.717) is 17.5 Å².